The summed E-state index contributed by atoms with van der Waals surface area (Å²) in [6, 6.07) is 1.70. The maximum atomic E-state index is 12.0. The minimum atomic E-state index is -0.865. The number of carbonyl (C=O) groups excluding carboxylic acids is 2. The molecule has 0 radical (unpaired) electrons. The van der Waals surface area contributed by atoms with Crippen molar-refractivity contribution in [1.29, 1.82) is 0 Å². The Hall–Kier alpha value is -2.20. The van der Waals surface area contributed by atoms with Crippen molar-refractivity contribution >= 4 is 11.8 Å². The quantitative estimate of drug-likeness (QED) is 0.279. The van der Waals surface area contributed by atoms with Gasteiger partial charge in [-0.05, 0) is 18.2 Å². The molecule has 1 aromatic carbocycles. The average Bonchev–Trinajstić information content (AvgIpc) is 2.56. The molecule has 0 aliphatic carbocycles. The Morgan fingerprint density at radius 1 is 0.783 bits per heavy atom. The molecule has 0 bridgehead atoms. The normalized spacial score (nSPS) is 10.9. The van der Waals surface area contributed by atoms with E-state index in [9.17, 15) is 14.7 Å². The smallest absolute Gasteiger partial charge is 0.251 e. The van der Waals surface area contributed by atoms with Crippen molar-refractivity contribution < 1.29 is 35.1 Å². The number of amides is 2. The largest absolute Gasteiger partial charge is 0.508 e. The molecule has 7 N–H and O–H groups in total. The Kier molecular flexibility index (Phi) is 7.42. The first-order chi connectivity index (χ1) is 10.9. The first-order valence-corrected chi connectivity index (χ1v) is 6.84. The molecule has 0 saturated carbocycles. The van der Waals surface area contributed by atoms with Crippen LogP contribution in [0.3, 0.4) is 0 Å². The van der Waals surface area contributed by atoms with Gasteiger partial charge < -0.3 is 36.2 Å². The molecule has 23 heavy (non-hydrogen) atoms. The highest BCUT2D eigenvalue weighted by atomic mass is 16.3. The van der Waals surface area contributed by atoms with Gasteiger partial charge in [0.1, 0.15) is 5.75 Å². The standard InChI is InChI=1S/C14H20N2O7/c17-4-10(5-18)15-13(22)8-1-9(3-12(21)2-8)14(23)16-11(6-19)7-20/h1-3,10-11,17-21H,4-7H2,(H,15,22)(H,16,23). The van der Waals surface area contributed by atoms with Crippen molar-refractivity contribution in [3.05, 3.63) is 29.3 Å². The van der Waals surface area contributed by atoms with E-state index in [0.29, 0.717) is 0 Å². The Morgan fingerprint density at radius 2 is 1.13 bits per heavy atom. The molecule has 9 nitrogen and oxygen atoms in total. The molecule has 1 rings (SSSR count). The van der Waals surface area contributed by atoms with Gasteiger partial charge in [0.25, 0.3) is 11.8 Å². The number of nitrogens with one attached hydrogen (secondary N) is 2. The van der Waals surface area contributed by atoms with Gasteiger partial charge in [-0.25, -0.2) is 0 Å². The number of hydrogen-bond acceptors (Lipinski definition) is 7. The molecular formula is C14H20N2O7. The van der Waals surface area contributed by atoms with E-state index < -0.39 is 50.3 Å². The van der Waals surface area contributed by atoms with Crippen LogP contribution in [0.25, 0.3) is 0 Å². The number of aromatic hydroxyl groups is 1. The number of phenolic OH excluding ortho intramolecular Hbond substituents is 1. The van der Waals surface area contributed by atoms with Crippen molar-refractivity contribution in [2.45, 2.75) is 12.1 Å². The second kappa shape index (κ2) is 9.06. The van der Waals surface area contributed by atoms with Crippen molar-refractivity contribution in [3.8, 4) is 5.75 Å². The molecule has 0 aliphatic heterocycles. The van der Waals surface area contributed by atoms with E-state index in [0.717, 1.165) is 12.1 Å². The molecule has 9 heteroatoms. The maximum Gasteiger partial charge on any atom is 0.251 e. The second-order valence-electron chi connectivity index (χ2n) is 4.84. The lowest BCUT2D eigenvalue weighted by atomic mass is 10.1. The SMILES string of the molecule is O=C(NC(CO)CO)c1cc(O)cc(C(=O)NC(CO)CO)c1. The zero-order valence-electron chi connectivity index (χ0n) is 12.3. The second-order valence-corrected chi connectivity index (χ2v) is 4.84. The van der Waals surface area contributed by atoms with Crippen LogP contribution in [-0.2, 0) is 0 Å². The third-order valence-electron chi connectivity index (χ3n) is 2.99. The van der Waals surface area contributed by atoms with Crippen LogP contribution in [0.1, 0.15) is 20.7 Å². The first kappa shape index (κ1) is 18.8. The summed E-state index contributed by atoms with van der Waals surface area (Å²) < 4.78 is 0. The summed E-state index contributed by atoms with van der Waals surface area (Å²) >= 11 is 0. The number of hydrogen-bond donors (Lipinski definition) is 7. The van der Waals surface area contributed by atoms with E-state index in [-0.39, 0.29) is 16.9 Å². The topological polar surface area (TPSA) is 159 Å². The summed E-state index contributed by atoms with van der Waals surface area (Å²) in [7, 11) is 0. The molecule has 1 aromatic rings. The third-order valence-corrected chi connectivity index (χ3v) is 2.99. The van der Waals surface area contributed by atoms with Crippen LogP contribution in [0.2, 0.25) is 0 Å². The molecule has 0 aromatic heterocycles. The number of rotatable bonds is 8. The summed E-state index contributed by atoms with van der Waals surface area (Å²) in [5, 5.41) is 50.0. The summed E-state index contributed by atoms with van der Waals surface area (Å²) in [4.78, 5) is 24.0. The van der Waals surface area contributed by atoms with Crippen LogP contribution in [0, 0.1) is 0 Å². The van der Waals surface area contributed by atoms with Crippen LogP contribution in [0.4, 0.5) is 0 Å². The number of phenols is 1. The van der Waals surface area contributed by atoms with Crippen molar-refractivity contribution in [3.63, 3.8) is 0 Å². The van der Waals surface area contributed by atoms with Crippen LogP contribution in [0.5, 0.6) is 5.75 Å². The zero-order valence-corrected chi connectivity index (χ0v) is 12.3. The molecule has 0 fully saturated rings. The highest BCUT2D eigenvalue weighted by Crippen LogP contribution is 2.16. The summed E-state index contributed by atoms with van der Waals surface area (Å²) in [6.45, 7) is -1.88. The molecular weight excluding hydrogens is 308 g/mol. The number of aliphatic hydroxyl groups excluding tert-OH is 4. The highest BCUT2D eigenvalue weighted by molar-refractivity contribution is 6.00. The van der Waals surface area contributed by atoms with E-state index in [2.05, 4.69) is 10.6 Å². The Labute approximate surface area is 132 Å². The van der Waals surface area contributed by atoms with Gasteiger partial charge in [0.15, 0.2) is 0 Å². The van der Waals surface area contributed by atoms with E-state index in [1.165, 1.54) is 6.07 Å². The average molecular weight is 328 g/mol. The van der Waals surface area contributed by atoms with Gasteiger partial charge in [0.2, 0.25) is 0 Å². The fraction of sp³-hybridized carbons (Fsp3) is 0.429. The molecule has 0 aliphatic rings. The van der Waals surface area contributed by atoms with Gasteiger partial charge in [0.05, 0.1) is 38.5 Å². The van der Waals surface area contributed by atoms with E-state index >= 15 is 0 Å². The lowest BCUT2D eigenvalue weighted by molar-refractivity contribution is 0.0876. The van der Waals surface area contributed by atoms with Gasteiger partial charge in [-0.1, -0.05) is 0 Å². The zero-order chi connectivity index (χ0) is 17.4. The molecule has 0 unspecified atom stereocenters. The Morgan fingerprint density at radius 3 is 1.43 bits per heavy atom. The van der Waals surface area contributed by atoms with Crippen molar-refractivity contribution in [2.75, 3.05) is 26.4 Å². The van der Waals surface area contributed by atoms with Crippen LogP contribution in [0.15, 0.2) is 18.2 Å². The summed E-state index contributed by atoms with van der Waals surface area (Å²) in [5.41, 5.74) is -0.0989. The third kappa shape index (κ3) is 5.49. The van der Waals surface area contributed by atoms with Gasteiger partial charge in [-0.15, -0.1) is 0 Å². The number of benzene rings is 1. The Balaban J connectivity index is 2.94. The first-order valence-electron chi connectivity index (χ1n) is 6.84. The van der Waals surface area contributed by atoms with E-state index in [4.69, 9.17) is 20.4 Å². The van der Waals surface area contributed by atoms with Crippen molar-refractivity contribution in [1.82, 2.24) is 10.6 Å². The molecule has 0 atom stereocenters. The van der Waals surface area contributed by atoms with Crippen LogP contribution in [-0.4, -0.2) is 75.9 Å². The molecule has 2 amide bonds. The minimum Gasteiger partial charge on any atom is -0.508 e. The number of aliphatic hydroxyl groups is 4. The number of carbonyl (C=O) groups is 2. The highest BCUT2D eigenvalue weighted by Gasteiger charge is 2.17. The monoisotopic (exact) mass is 328 g/mol. The van der Waals surface area contributed by atoms with Crippen molar-refractivity contribution in [2.24, 2.45) is 0 Å². The lowest BCUT2D eigenvalue weighted by Gasteiger charge is -2.15. The van der Waals surface area contributed by atoms with Crippen LogP contribution < -0.4 is 10.6 Å². The Bertz CT molecular complexity index is 498. The van der Waals surface area contributed by atoms with Crippen LogP contribution >= 0.6 is 0 Å². The van der Waals surface area contributed by atoms with E-state index in [1.54, 1.807) is 0 Å². The van der Waals surface area contributed by atoms with Gasteiger partial charge in [-0.3, -0.25) is 9.59 Å². The molecule has 0 spiro atoms. The molecule has 0 saturated heterocycles. The predicted octanol–water partition coefficient (Wildman–Crippen LogP) is -2.44. The minimum absolute atomic E-state index is 0.0494. The van der Waals surface area contributed by atoms with Gasteiger partial charge >= 0.3 is 0 Å². The summed E-state index contributed by atoms with van der Waals surface area (Å²) in [6.07, 6.45) is 0. The predicted molar refractivity (Wildman–Crippen MR) is 79.0 cm³/mol. The lowest BCUT2D eigenvalue weighted by Crippen LogP contribution is -2.41. The van der Waals surface area contributed by atoms with E-state index in [1.807, 2.05) is 0 Å². The fourth-order valence-corrected chi connectivity index (χ4v) is 1.71. The maximum absolute atomic E-state index is 12.0. The van der Waals surface area contributed by atoms with Gasteiger partial charge in [0, 0.05) is 11.1 Å². The fourth-order valence-electron chi connectivity index (χ4n) is 1.71. The van der Waals surface area contributed by atoms with Gasteiger partial charge in [-0.2, -0.15) is 0 Å². The molecule has 0 heterocycles. The molecule has 128 valence electrons. The summed E-state index contributed by atoms with van der Waals surface area (Å²) in [5.74, 6) is -1.72.